The van der Waals surface area contributed by atoms with Crippen LogP contribution < -0.4 is 0 Å². The molecule has 0 saturated heterocycles. The highest BCUT2D eigenvalue weighted by atomic mass is 16.1. The summed E-state index contributed by atoms with van der Waals surface area (Å²) in [7, 11) is 0. The van der Waals surface area contributed by atoms with Gasteiger partial charge in [0.05, 0.1) is 0 Å². The molecular formula is C17H32O. The van der Waals surface area contributed by atoms with Gasteiger partial charge in [-0.2, -0.15) is 0 Å². The monoisotopic (exact) mass is 252 g/mol. The molecule has 0 aliphatic heterocycles. The normalized spacial score (nSPS) is 11.2. The molecule has 0 N–H and O–H groups in total. The summed E-state index contributed by atoms with van der Waals surface area (Å²) in [5, 5.41) is 0. The Balaban J connectivity index is 3.07. The molecule has 0 bridgehead atoms. The lowest BCUT2D eigenvalue weighted by Crippen LogP contribution is -1.88. The Labute approximate surface area is 114 Å². The number of Topliss-reactive ketones (excluding diaryl/α,β-unsaturated/α-hetero) is 1. The number of carbonyl (C=O) groups excluding carboxylic acids is 1. The number of hydrogen-bond acceptors (Lipinski definition) is 1. The van der Waals surface area contributed by atoms with Gasteiger partial charge in [-0.15, -0.1) is 0 Å². The second-order valence-electron chi connectivity index (χ2n) is 5.33. The summed E-state index contributed by atoms with van der Waals surface area (Å²) in [5.74, 6) is 0.327. The van der Waals surface area contributed by atoms with E-state index >= 15 is 0 Å². The van der Waals surface area contributed by atoms with E-state index in [1.807, 2.05) is 0 Å². The predicted molar refractivity (Wildman–Crippen MR) is 80.9 cm³/mol. The maximum Gasteiger partial charge on any atom is 0.129 e. The molecule has 0 amide bonds. The smallest absolute Gasteiger partial charge is 0.129 e. The van der Waals surface area contributed by atoms with E-state index < -0.39 is 0 Å². The van der Waals surface area contributed by atoms with Gasteiger partial charge in [0.2, 0.25) is 0 Å². The molecule has 0 aromatic heterocycles. The van der Waals surface area contributed by atoms with Crippen LogP contribution in [0.3, 0.4) is 0 Å². The molecule has 106 valence electrons. The van der Waals surface area contributed by atoms with Crippen LogP contribution in [0.1, 0.15) is 90.9 Å². The lowest BCUT2D eigenvalue weighted by atomic mass is 10.1. The quantitative estimate of drug-likeness (QED) is 0.297. The van der Waals surface area contributed by atoms with E-state index in [1.165, 1.54) is 64.2 Å². The van der Waals surface area contributed by atoms with E-state index in [1.54, 1.807) is 6.92 Å². The van der Waals surface area contributed by atoms with Crippen molar-refractivity contribution in [2.45, 2.75) is 90.9 Å². The van der Waals surface area contributed by atoms with E-state index in [-0.39, 0.29) is 0 Å². The molecule has 18 heavy (non-hydrogen) atoms. The van der Waals surface area contributed by atoms with Crippen LogP contribution in [0.15, 0.2) is 12.2 Å². The zero-order chi connectivity index (χ0) is 13.5. The summed E-state index contributed by atoms with van der Waals surface area (Å²) in [4.78, 5) is 10.7. The molecule has 0 fully saturated rings. The van der Waals surface area contributed by atoms with Crippen molar-refractivity contribution >= 4 is 5.78 Å². The van der Waals surface area contributed by atoms with Crippen LogP contribution in [0.5, 0.6) is 0 Å². The van der Waals surface area contributed by atoms with Crippen LogP contribution in [0, 0.1) is 0 Å². The first-order valence-corrected chi connectivity index (χ1v) is 7.91. The second kappa shape index (κ2) is 14.5. The molecule has 0 heterocycles. The largest absolute Gasteiger partial charge is 0.300 e. The topological polar surface area (TPSA) is 17.1 Å². The third-order valence-corrected chi connectivity index (χ3v) is 3.29. The first kappa shape index (κ1) is 17.4. The van der Waals surface area contributed by atoms with Crippen molar-refractivity contribution in [2.24, 2.45) is 0 Å². The van der Waals surface area contributed by atoms with E-state index in [4.69, 9.17) is 0 Å². The minimum Gasteiger partial charge on any atom is -0.300 e. The van der Waals surface area contributed by atoms with Crippen molar-refractivity contribution in [2.75, 3.05) is 0 Å². The minimum absolute atomic E-state index is 0.327. The highest BCUT2D eigenvalue weighted by molar-refractivity contribution is 5.75. The molecule has 0 aromatic carbocycles. The molecule has 1 heteroatoms. The van der Waals surface area contributed by atoms with Crippen molar-refractivity contribution < 1.29 is 4.79 Å². The van der Waals surface area contributed by atoms with E-state index in [9.17, 15) is 4.79 Å². The molecule has 0 atom stereocenters. The Morgan fingerprint density at radius 3 is 1.83 bits per heavy atom. The molecule has 0 aliphatic rings. The Hall–Kier alpha value is -0.590. The third-order valence-electron chi connectivity index (χ3n) is 3.29. The zero-order valence-electron chi connectivity index (χ0n) is 12.5. The van der Waals surface area contributed by atoms with Crippen LogP contribution >= 0.6 is 0 Å². The van der Waals surface area contributed by atoms with Gasteiger partial charge >= 0.3 is 0 Å². The van der Waals surface area contributed by atoms with E-state index in [0.717, 1.165) is 12.8 Å². The summed E-state index contributed by atoms with van der Waals surface area (Å²) in [6.45, 7) is 3.94. The van der Waals surface area contributed by atoms with Gasteiger partial charge in [0.25, 0.3) is 0 Å². The SMILES string of the molecule is CCCCCCCCC=CCCCCCC(C)=O. The Morgan fingerprint density at radius 1 is 0.778 bits per heavy atom. The lowest BCUT2D eigenvalue weighted by molar-refractivity contribution is -0.117. The van der Waals surface area contributed by atoms with Crippen LogP contribution in [0.25, 0.3) is 0 Å². The van der Waals surface area contributed by atoms with Crippen LogP contribution in [-0.2, 0) is 4.79 Å². The molecular weight excluding hydrogens is 220 g/mol. The van der Waals surface area contributed by atoms with Gasteiger partial charge in [-0.3, -0.25) is 0 Å². The third kappa shape index (κ3) is 15.4. The number of carbonyl (C=O) groups is 1. The first-order valence-electron chi connectivity index (χ1n) is 7.91. The van der Waals surface area contributed by atoms with Gasteiger partial charge in [0, 0.05) is 6.42 Å². The Morgan fingerprint density at radius 2 is 1.28 bits per heavy atom. The second-order valence-corrected chi connectivity index (χ2v) is 5.33. The van der Waals surface area contributed by atoms with Gasteiger partial charge < -0.3 is 4.79 Å². The molecule has 0 saturated carbocycles. The van der Waals surface area contributed by atoms with Crippen molar-refractivity contribution in [1.82, 2.24) is 0 Å². The standard InChI is InChI=1S/C17H32O/c1-3-4-5-6-7-8-9-10-11-12-13-14-15-16-17(2)18/h10-11H,3-9,12-16H2,1-2H3. The minimum atomic E-state index is 0.327. The highest BCUT2D eigenvalue weighted by Gasteiger charge is 1.92. The number of allylic oxidation sites excluding steroid dienone is 2. The first-order chi connectivity index (χ1) is 8.77. The van der Waals surface area contributed by atoms with Crippen molar-refractivity contribution in [1.29, 1.82) is 0 Å². The fourth-order valence-electron chi connectivity index (χ4n) is 2.09. The molecule has 0 aromatic rings. The number of rotatable bonds is 13. The highest BCUT2D eigenvalue weighted by Crippen LogP contribution is 2.08. The fraction of sp³-hybridized carbons (Fsp3) is 0.824. The number of ketones is 1. The number of hydrogen-bond donors (Lipinski definition) is 0. The molecule has 1 nitrogen and oxygen atoms in total. The Bertz CT molecular complexity index is 206. The van der Waals surface area contributed by atoms with Gasteiger partial charge in [0.15, 0.2) is 0 Å². The maximum atomic E-state index is 10.7. The summed E-state index contributed by atoms with van der Waals surface area (Å²) < 4.78 is 0. The van der Waals surface area contributed by atoms with Crippen LogP contribution in [-0.4, -0.2) is 5.78 Å². The van der Waals surface area contributed by atoms with Gasteiger partial charge in [-0.05, 0) is 39.0 Å². The number of unbranched alkanes of at least 4 members (excludes halogenated alkanes) is 9. The average Bonchev–Trinajstić information content (AvgIpc) is 2.34. The van der Waals surface area contributed by atoms with Crippen LogP contribution in [0.2, 0.25) is 0 Å². The Kier molecular flexibility index (Phi) is 14.0. The van der Waals surface area contributed by atoms with Gasteiger partial charge in [-0.1, -0.05) is 57.6 Å². The summed E-state index contributed by atoms with van der Waals surface area (Å²) in [5.41, 5.74) is 0. The van der Waals surface area contributed by atoms with E-state index in [2.05, 4.69) is 19.1 Å². The average molecular weight is 252 g/mol. The lowest BCUT2D eigenvalue weighted by Gasteiger charge is -1.98. The summed E-state index contributed by atoms with van der Waals surface area (Å²) in [6.07, 6.45) is 19.7. The zero-order valence-corrected chi connectivity index (χ0v) is 12.5. The van der Waals surface area contributed by atoms with Crippen molar-refractivity contribution in [3.05, 3.63) is 12.2 Å². The summed E-state index contributed by atoms with van der Waals surface area (Å²) in [6, 6.07) is 0. The van der Waals surface area contributed by atoms with Gasteiger partial charge in [-0.25, -0.2) is 0 Å². The van der Waals surface area contributed by atoms with Gasteiger partial charge in [0.1, 0.15) is 5.78 Å². The summed E-state index contributed by atoms with van der Waals surface area (Å²) >= 11 is 0. The molecule has 0 aliphatic carbocycles. The molecule has 0 radical (unpaired) electrons. The van der Waals surface area contributed by atoms with Crippen LogP contribution in [0.4, 0.5) is 0 Å². The van der Waals surface area contributed by atoms with E-state index in [0.29, 0.717) is 5.78 Å². The molecule has 0 rings (SSSR count). The fourth-order valence-corrected chi connectivity index (χ4v) is 2.09. The van der Waals surface area contributed by atoms with Crippen molar-refractivity contribution in [3.8, 4) is 0 Å². The molecule has 0 spiro atoms. The molecule has 0 unspecified atom stereocenters. The van der Waals surface area contributed by atoms with Crippen molar-refractivity contribution in [3.63, 3.8) is 0 Å². The maximum absolute atomic E-state index is 10.7. The predicted octanol–water partition coefficient (Wildman–Crippen LogP) is 5.83.